The molecule has 0 radical (unpaired) electrons. The van der Waals surface area contributed by atoms with Crippen LogP contribution in [0.4, 0.5) is 0 Å². The zero-order valence-corrected chi connectivity index (χ0v) is 18.7. The van der Waals surface area contributed by atoms with E-state index in [2.05, 4.69) is 5.32 Å². The molecule has 0 aliphatic carbocycles. The molecular weight excluding hydrogens is 436 g/mol. The average molecular weight is 463 g/mol. The Morgan fingerprint density at radius 2 is 1.62 bits per heavy atom. The average Bonchev–Trinajstić information content (AvgIpc) is 2.87. The summed E-state index contributed by atoms with van der Waals surface area (Å²) >= 11 is 0. The summed E-state index contributed by atoms with van der Waals surface area (Å²) < 4.78 is 10.1. The van der Waals surface area contributed by atoms with Crippen LogP contribution in [0.3, 0.4) is 0 Å². The van der Waals surface area contributed by atoms with Crippen molar-refractivity contribution in [2.45, 2.75) is 25.6 Å². The summed E-state index contributed by atoms with van der Waals surface area (Å²) in [7, 11) is 1.24. The Bertz CT molecular complexity index is 1150. The Labute approximate surface area is 197 Å². The molecule has 176 valence electrons. The van der Waals surface area contributed by atoms with Crippen molar-refractivity contribution in [3.63, 3.8) is 0 Å². The van der Waals surface area contributed by atoms with Crippen LogP contribution in [-0.2, 0) is 33.8 Å². The molecule has 4 N–H and O–H groups in total. The lowest BCUT2D eigenvalue weighted by Gasteiger charge is -2.17. The van der Waals surface area contributed by atoms with Gasteiger partial charge in [0.25, 0.3) is 5.91 Å². The van der Waals surface area contributed by atoms with E-state index in [9.17, 15) is 19.5 Å². The second kappa shape index (κ2) is 11.6. The number of hydrogen-bond acceptors (Lipinski definition) is 7. The van der Waals surface area contributed by atoms with E-state index in [0.29, 0.717) is 17.7 Å². The molecular formula is C26H26N2O6. The minimum Gasteiger partial charge on any atom is -0.507 e. The first-order valence-electron chi connectivity index (χ1n) is 10.6. The predicted molar refractivity (Wildman–Crippen MR) is 125 cm³/mol. The molecule has 8 nitrogen and oxygen atoms in total. The Hall–Kier alpha value is -4.17. The molecule has 0 bridgehead atoms. The van der Waals surface area contributed by atoms with Crippen molar-refractivity contribution in [3.05, 3.63) is 101 Å². The van der Waals surface area contributed by atoms with Gasteiger partial charge in [-0.1, -0.05) is 48.5 Å². The number of hydrogen-bond donors (Lipinski definition) is 3. The number of nitrogens with two attached hydrogens (primary N) is 1. The highest BCUT2D eigenvalue weighted by molar-refractivity contribution is 5.99. The summed E-state index contributed by atoms with van der Waals surface area (Å²) in [5.41, 5.74) is 8.15. The fourth-order valence-electron chi connectivity index (χ4n) is 3.29. The van der Waals surface area contributed by atoms with Crippen LogP contribution in [-0.4, -0.2) is 36.1 Å². The molecule has 8 heteroatoms. The van der Waals surface area contributed by atoms with Crippen LogP contribution < -0.4 is 11.1 Å². The molecule has 0 aliphatic rings. The van der Waals surface area contributed by atoms with Crippen LogP contribution in [0.15, 0.2) is 72.8 Å². The van der Waals surface area contributed by atoms with Crippen molar-refractivity contribution < 1.29 is 29.0 Å². The lowest BCUT2D eigenvalue weighted by molar-refractivity contribution is -0.142. The molecule has 0 aromatic heterocycles. The fraction of sp³-hybridized carbons (Fsp3) is 0.192. The summed E-state index contributed by atoms with van der Waals surface area (Å²) in [6, 6.07) is 19.3. The van der Waals surface area contributed by atoms with Crippen molar-refractivity contribution in [1.29, 1.82) is 0 Å². The molecule has 0 fully saturated rings. The highest BCUT2D eigenvalue weighted by atomic mass is 16.5. The number of nitrogens with one attached hydrogen (secondary N) is 1. The first-order valence-corrected chi connectivity index (χ1v) is 10.6. The van der Waals surface area contributed by atoms with Crippen molar-refractivity contribution in [2.75, 3.05) is 7.11 Å². The molecule has 0 heterocycles. The van der Waals surface area contributed by atoms with E-state index >= 15 is 0 Å². The quantitative estimate of drug-likeness (QED) is 0.417. The van der Waals surface area contributed by atoms with Gasteiger partial charge in [0.1, 0.15) is 18.4 Å². The van der Waals surface area contributed by atoms with Crippen molar-refractivity contribution in [1.82, 2.24) is 5.32 Å². The lowest BCUT2D eigenvalue weighted by Crippen LogP contribution is -2.43. The number of ether oxygens (including phenoxy) is 2. The van der Waals surface area contributed by atoms with Gasteiger partial charge < -0.3 is 25.6 Å². The monoisotopic (exact) mass is 462 g/mol. The van der Waals surface area contributed by atoms with Crippen LogP contribution in [0.5, 0.6) is 5.75 Å². The van der Waals surface area contributed by atoms with Crippen molar-refractivity contribution in [2.24, 2.45) is 5.73 Å². The Balaban J connectivity index is 1.63. The number of esters is 2. The first kappa shape index (κ1) is 24.5. The number of phenols is 1. The van der Waals surface area contributed by atoms with E-state index in [4.69, 9.17) is 15.2 Å². The van der Waals surface area contributed by atoms with Gasteiger partial charge in [0.15, 0.2) is 0 Å². The number of aromatic hydroxyl groups is 1. The molecule has 0 saturated carbocycles. The van der Waals surface area contributed by atoms with Crippen LogP contribution in [0.2, 0.25) is 0 Å². The highest BCUT2D eigenvalue weighted by Crippen LogP contribution is 2.20. The second-order valence-corrected chi connectivity index (χ2v) is 7.57. The fourth-order valence-corrected chi connectivity index (χ4v) is 3.29. The van der Waals surface area contributed by atoms with E-state index < -0.39 is 23.9 Å². The van der Waals surface area contributed by atoms with E-state index in [-0.39, 0.29) is 24.3 Å². The molecule has 0 saturated heterocycles. The summed E-state index contributed by atoms with van der Waals surface area (Å²) in [6.07, 6.45) is 0.236. The number of rotatable bonds is 9. The molecule has 3 rings (SSSR count). The van der Waals surface area contributed by atoms with Gasteiger partial charge in [-0.2, -0.15) is 0 Å². The summed E-state index contributed by atoms with van der Waals surface area (Å²) in [6.45, 7) is 0.285. The molecule has 3 aromatic rings. The van der Waals surface area contributed by atoms with Crippen LogP contribution in [0.25, 0.3) is 0 Å². The van der Waals surface area contributed by atoms with Gasteiger partial charge in [-0.15, -0.1) is 0 Å². The molecule has 3 aromatic carbocycles. The summed E-state index contributed by atoms with van der Waals surface area (Å²) in [5.74, 6) is -2.06. The third-order valence-corrected chi connectivity index (χ3v) is 5.18. The number of carbonyl (C=O) groups is 3. The Morgan fingerprint density at radius 3 is 2.24 bits per heavy atom. The van der Waals surface area contributed by atoms with Crippen molar-refractivity contribution in [3.8, 4) is 5.75 Å². The van der Waals surface area contributed by atoms with Gasteiger partial charge in [-0.25, -0.2) is 9.59 Å². The van der Waals surface area contributed by atoms with E-state index in [1.54, 1.807) is 30.3 Å². The highest BCUT2D eigenvalue weighted by Gasteiger charge is 2.24. The molecule has 34 heavy (non-hydrogen) atoms. The van der Waals surface area contributed by atoms with Gasteiger partial charge >= 0.3 is 11.9 Å². The molecule has 1 atom stereocenters. The summed E-state index contributed by atoms with van der Waals surface area (Å²) in [4.78, 5) is 37.1. The minimum absolute atomic E-state index is 0.0191. The smallest absolute Gasteiger partial charge is 0.338 e. The van der Waals surface area contributed by atoms with Crippen molar-refractivity contribution >= 4 is 17.8 Å². The number of carbonyl (C=O) groups excluding carboxylic acids is 3. The molecule has 0 unspecified atom stereocenters. The Morgan fingerprint density at radius 1 is 0.941 bits per heavy atom. The maximum absolute atomic E-state index is 12.7. The van der Waals surface area contributed by atoms with Gasteiger partial charge in [-0.3, -0.25) is 4.79 Å². The van der Waals surface area contributed by atoms with Gasteiger partial charge in [0.2, 0.25) is 0 Å². The number of methoxy groups -OCH3 is 1. The SMILES string of the molecule is COC(=O)[C@H](Cc1ccccc1)NC(=O)c1ccc(COC(=O)c2ccc(CN)cc2)cc1O. The van der Waals surface area contributed by atoms with Crippen LogP contribution >= 0.6 is 0 Å². The maximum Gasteiger partial charge on any atom is 0.338 e. The van der Waals surface area contributed by atoms with Gasteiger partial charge in [-0.05, 0) is 41.0 Å². The normalized spacial score (nSPS) is 11.4. The van der Waals surface area contributed by atoms with Gasteiger partial charge in [0, 0.05) is 13.0 Å². The standard InChI is InChI=1S/C26H26N2O6/c1-33-26(32)22(13-17-5-3-2-4-6-17)28-24(30)21-12-9-19(14-23(21)29)16-34-25(31)20-10-7-18(15-27)8-11-20/h2-12,14,22,29H,13,15-16,27H2,1H3,(H,28,30)/t22-/m0/s1. The maximum atomic E-state index is 12.7. The minimum atomic E-state index is -0.925. The van der Waals surface area contributed by atoms with Gasteiger partial charge in [0.05, 0.1) is 18.2 Å². The number of phenolic OH excluding ortho intramolecular Hbond substituents is 1. The largest absolute Gasteiger partial charge is 0.507 e. The number of benzene rings is 3. The van der Waals surface area contributed by atoms with Crippen LogP contribution in [0.1, 0.15) is 37.4 Å². The second-order valence-electron chi connectivity index (χ2n) is 7.57. The zero-order valence-electron chi connectivity index (χ0n) is 18.7. The first-order chi connectivity index (χ1) is 16.4. The third-order valence-electron chi connectivity index (χ3n) is 5.18. The lowest BCUT2D eigenvalue weighted by atomic mass is 10.0. The predicted octanol–water partition coefficient (Wildman–Crippen LogP) is 2.72. The zero-order chi connectivity index (χ0) is 24.5. The summed E-state index contributed by atoms with van der Waals surface area (Å²) in [5, 5.41) is 13.0. The Kier molecular flexibility index (Phi) is 8.37. The van der Waals surface area contributed by atoms with E-state index in [1.165, 1.54) is 19.2 Å². The van der Waals surface area contributed by atoms with E-state index in [0.717, 1.165) is 11.1 Å². The number of amides is 1. The third kappa shape index (κ3) is 6.43. The topological polar surface area (TPSA) is 128 Å². The van der Waals surface area contributed by atoms with Crippen LogP contribution in [0, 0.1) is 0 Å². The molecule has 0 aliphatic heterocycles. The molecule has 1 amide bonds. The molecule has 0 spiro atoms. The van der Waals surface area contributed by atoms with E-state index in [1.807, 2.05) is 30.3 Å².